The minimum atomic E-state index is -0.251. The minimum Gasteiger partial charge on any atom is -0.497 e. The predicted octanol–water partition coefficient (Wildman–Crippen LogP) is 4.28. The number of hydrogen-bond donors (Lipinski definition) is 0. The molecule has 4 nitrogen and oxygen atoms in total. The number of carbonyl (C=O) groups is 1. The minimum absolute atomic E-state index is 0.0479. The summed E-state index contributed by atoms with van der Waals surface area (Å²) >= 11 is 9.26. The number of methoxy groups -OCH3 is 1. The Labute approximate surface area is 160 Å². The summed E-state index contributed by atoms with van der Waals surface area (Å²) in [6.07, 6.45) is 0. The molecule has 130 valence electrons. The van der Waals surface area contributed by atoms with Crippen LogP contribution in [-0.4, -0.2) is 33.8 Å². The van der Waals surface area contributed by atoms with Crippen LogP contribution in [0.2, 0.25) is 0 Å². The second kappa shape index (κ2) is 6.00. The second-order valence-corrected chi connectivity index (χ2v) is 9.63. The van der Waals surface area contributed by atoms with E-state index in [2.05, 4.69) is 30.2 Å². The quantitative estimate of drug-likeness (QED) is 0.731. The molecule has 2 aliphatic heterocycles. The summed E-state index contributed by atoms with van der Waals surface area (Å²) in [7, 11) is 1.63. The average molecular weight is 391 g/mol. The molecule has 2 saturated heterocycles. The molecule has 2 atom stereocenters. The number of carbonyl (C=O) groups excluding carboxylic acids is 1. The number of hydrogen-bond acceptors (Lipinski definition) is 5. The number of ether oxygens (including phenoxy) is 1. The van der Waals surface area contributed by atoms with Gasteiger partial charge in [0.15, 0.2) is 5.11 Å². The summed E-state index contributed by atoms with van der Waals surface area (Å²) in [4.78, 5) is 18.2. The van der Waals surface area contributed by atoms with Crippen LogP contribution in [0.4, 0.5) is 5.69 Å². The van der Waals surface area contributed by atoms with Crippen molar-refractivity contribution in [1.29, 1.82) is 0 Å². The number of thioether (sulfide) groups is 1. The third-order valence-corrected chi connectivity index (χ3v) is 7.59. The Balaban J connectivity index is 1.74. The number of fused-ring (bicyclic) bond motifs is 1. The zero-order valence-corrected chi connectivity index (χ0v) is 16.6. The van der Waals surface area contributed by atoms with Crippen molar-refractivity contribution in [2.75, 3.05) is 12.0 Å². The fourth-order valence-corrected chi connectivity index (χ4v) is 6.37. The van der Waals surface area contributed by atoms with E-state index in [1.165, 1.54) is 4.88 Å². The smallest absolute Gasteiger partial charge is 0.257 e. The van der Waals surface area contributed by atoms with Gasteiger partial charge in [0, 0.05) is 9.62 Å². The van der Waals surface area contributed by atoms with Gasteiger partial charge >= 0.3 is 0 Å². The van der Waals surface area contributed by atoms with Crippen molar-refractivity contribution in [1.82, 2.24) is 4.90 Å². The summed E-state index contributed by atoms with van der Waals surface area (Å²) in [6, 6.07) is 11.4. The van der Waals surface area contributed by atoms with Crippen LogP contribution in [0, 0.1) is 0 Å². The highest BCUT2D eigenvalue weighted by molar-refractivity contribution is 8.01. The lowest BCUT2D eigenvalue weighted by molar-refractivity contribution is -0.120. The van der Waals surface area contributed by atoms with Crippen molar-refractivity contribution in [2.45, 2.75) is 30.0 Å². The largest absolute Gasteiger partial charge is 0.497 e. The lowest BCUT2D eigenvalue weighted by Gasteiger charge is -2.24. The van der Waals surface area contributed by atoms with E-state index < -0.39 is 0 Å². The van der Waals surface area contributed by atoms with Crippen molar-refractivity contribution in [3.8, 4) is 5.75 Å². The van der Waals surface area contributed by atoms with Gasteiger partial charge in [0.25, 0.3) is 5.91 Å². The lowest BCUT2D eigenvalue weighted by atomic mass is 10.0. The first-order chi connectivity index (χ1) is 11.9. The van der Waals surface area contributed by atoms with Crippen LogP contribution in [0.3, 0.4) is 0 Å². The van der Waals surface area contributed by atoms with Crippen LogP contribution in [0.5, 0.6) is 5.75 Å². The summed E-state index contributed by atoms with van der Waals surface area (Å²) in [5.74, 6) is 0.806. The number of thiophene rings is 1. The SMILES string of the molecule is COc1ccc(N2C(=O)C3N(C2=S)C(c2cccs2)SC3(C)C)cc1. The normalized spacial score (nSPS) is 24.8. The van der Waals surface area contributed by atoms with Crippen LogP contribution in [0.15, 0.2) is 41.8 Å². The van der Waals surface area contributed by atoms with E-state index in [1.807, 2.05) is 42.1 Å². The zero-order chi connectivity index (χ0) is 17.8. The van der Waals surface area contributed by atoms with Gasteiger partial charge < -0.3 is 9.64 Å². The maximum absolute atomic E-state index is 13.2. The number of nitrogens with zero attached hydrogens (tertiary/aromatic N) is 2. The number of benzene rings is 1. The van der Waals surface area contributed by atoms with Crippen LogP contribution < -0.4 is 9.64 Å². The van der Waals surface area contributed by atoms with Gasteiger partial charge in [-0.3, -0.25) is 9.69 Å². The van der Waals surface area contributed by atoms with E-state index in [0.717, 1.165) is 11.4 Å². The highest BCUT2D eigenvalue weighted by Gasteiger charge is 2.59. The number of thiocarbonyl (C=S) groups is 1. The third kappa shape index (κ3) is 2.56. The van der Waals surface area contributed by atoms with Crippen LogP contribution >= 0.6 is 35.3 Å². The first-order valence-corrected chi connectivity index (χ1v) is 10.1. The van der Waals surface area contributed by atoms with Gasteiger partial charge in [-0.1, -0.05) is 6.07 Å². The number of rotatable bonds is 3. The van der Waals surface area contributed by atoms with Gasteiger partial charge in [-0.25, -0.2) is 0 Å². The molecule has 25 heavy (non-hydrogen) atoms. The summed E-state index contributed by atoms with van der Waals surface area (Å²) in [5, 5.41) is 2.73. The van der Waals surface area contributed by atoms with Crippen LogP contribution in [-0.2, 0) is 4.79 Å². The standard InChI is InChI=1S/C18H18N2O2S3/c1-18(2)14-15(21)19(11-6-8-12(22-3)9-7-11)17(23)20(14)16(25-18)13-5-4-10-24-13/h4-10,14,16H,1-3H3. The monoisotopic (exact) mass is 390 g/mol. The molecule has 1 aromatic heterocycles. The molecule has 0 saturated carbocycles. The van der Waals surface area contributed by atoms with Crippen molar-refractivity contribution < 1.29 is 9.53 Å². The van der Waals surface area contributed by atoms with Gasteiger partial charge in [-0.2, -0.15) is 0 Å². The van der Waals surface area contributed by atoms with E-state index in [9.17, 15) is 4.79 Å². The second-order valence-electron chi connectivity index (χ2n) is 6.55. The third-order valence-electron chi connectivity index (χ3n) is 4.59. The topological polar surface area (TPSA) is 32.8 Å². The predicted molar refractivity (Wildman–Crippen MR) is 107 cm³/mol. The highest BCUT2D eigenvalue weighted by atomic mass is 32.2. The summed E-state index contributed by atoms with van der Waals surface area (Å²) in [5.41, 5.74) is 0.788. The van der Waals surface area contributed by atoms with E-state index in [4.69, 9.17) is 17.0 Å². The van der Waals surface area contributed by atoms with Gasteiger partial charge in [-0.05, 0) is 61.8 Å². The number of amides is 1. The molecule has 2 unspecified atom stereocenters. The molecule has 0 N–H and O–H groups in total. The molecule has 7 heteroatoms. The van der Waals surface area contributed by atoms with E-state index >= 15 is 0 Å². The molecule has 0 aliphatic carbocycles. The molecule has 1 amide bonds. The molecular formula is C18H18N2O2S3. The molecule has 0 radical (unpaired) electrons. The average Bonchev–Trinajstić information content (AvgIpc) is 3.26. The van der Waals surface area contributed by atoms with Gasteiger partial charge in [-0.15, -0.1) is 23.1 Å². The molecule has 1 aromatic carbocycles. The molecule has 0 bridgehead atoms. The van der Waals surface area contributed by atoms with E-state index in [1.54, 1.807) is 23.3 Å². The van der Waals surface area contributed by atoms with Crippen LogP contribution in [0.1, 0.15) is 24.1 Å². The molecular weight excluding hydrogens is 372 g/mol. The van der Waals surface area contributed by atoms with E-state index in [0.29, 0.717) is 5.11 Å². The van der Waals surface area contributed by atoms with Crippen LogP contribution in [0.25, 0.3) is 0 Å². The first-order valence-electron chi connectivity index (χ1n) is 7.95. The first kappa shape index (κ1) is 16.9. The summed E-state index contributed by atoms with van der Waals surface area (Å²) < 4.78 is 5.00. The van der Waals surface area contributed by atoms with E-state index in [-0.39, 0.29) is 22.1 Å². The van der Waals surface area contributed by atoms with Gasteiger partial charge in [0.2, 0.25) is 0 Å². The lowest BCUT2D eigenvalue weighted by Crippen LogP contribution is -2.41. The van der Waals surface area contributed by atoms with Crippen molar-refractivity contribution >= 4 is 52.0 Å². The Bertz CT molecular complexity index is 817. The maximum Gasteiger partial charge on any atom is 0.257 e. The molecule has 2 aliphatic rings. The molecule has 0 spiro atoms. The molecule has 4 rings (SSSR count). The zero-order valence-electron chi connectivity index (χ0n) is 14.1. The maximum atomic E-state index is 13.2. The van der Waals surface area contributed by atoms with Gasteiger partial charge in [0.1, 0.15) is 17.2 Å². The summed E-state index contributed by atoms with van der Waals surface area (Å²) in [6.45, 7) is 4.25. The Morgan fingerprint density at radius 2 is 1.92 bits per heavy atom. The Morgan fingerprint density at radius 1 is 1.20 bits per heavy atom. The fourth-order valence-electron chi connectivity index (χ4n) is 3.43. The molecule has 2 fully saturated rings. The van der Waals surface area contributed by atoms with Crippen molar-refractivity contribution in [3.05, 3.63) is 46.7 Å². The number of anilines is 1. The fraction of sp³-hybridized carbons (Fsp3) is 0.333. The highest BCUT2D eigenvalue weighted by Crippen LogP contribution is 2.56. The van der Waals surface area contributed by atoms with Gasteiger partial charge in [0.05, 0.1) is 12.8 Å². The van der Waals surface area contributed by atoms with Crippen molar-refractivity contribution in [2.24, 2.45) is 0 Å². The Kier molecular flexibility index (Phi) is 4.05. The Morgan fingerprint density at radius 3 is 2.52 bits per heavy atom. The van der Waals surface area contributed by atoms with Crippen molar-refractivity contribution in [3.63, 3.8) is 0 Å². The molecule has 2 aromatic rings. The Hall–Kier alpha value is -1.57. The molecule has 3 heterocycles.